The van der Waals surface area contributed by atoms with Gasteiger partial charge in [0, 0.05) is 30.0 Å². The summed E-state index contributed by atoms with van der Waals surface area (Å²) in [7, 11) is 0. The van der Waals surface area contributed by atoms with Gasteiger partial charge in [-0.3, -0.25) is 24.7 Å². The molecule has 0 saturated heterocycles. The van der Waals surface area contributed by atoms with E-state index in [1.54, 1.807) is 0 Å². The highest BCUT2D eigenvalue weighted by molar-refractivity contribution is 6.04. The summed E-state index contributed by atoms with van der Waals surface area (Å²) in [6, 6.07) is 7.34. The number of aromatic nitrogens is 1. The summed E-state index contributed by atoms with van der Waals surface area (Å²) in [6.07, 6.45) is 0. The van der Waals surface area contributed by atoms with Crippen LogP contribution in [0.4, 0.5) is 11.4 Å². The number of hydrogen-bond acceptors (Lipinski definition) is 5. The highest BCUT2D eigenvalue weighted by Gasteiger charge is 2.10. The Morgan fingerprint density at radius 3 is 2.45 bits per heavy atom. The second kappa shape index (κ2) is 5.22. The summed E-state index contributed by atoms with van der Waals surface area (Å²) in [4.78, 5) is 35.0. The van der Waals surface area contributed by atoms with Gasteiger partial charge in [0.2, 0.25) is 0 Å². The number of rotatable bonds is 3. The molecule has 0 bridgehead atoms. The van der Waals surface area contributed by atoms with E-state index in [9.17, 15) is 24.8 Å². The zero-order chi connectivity index (χ0) is 14.7. The van der Waals surface area contributed by atoms with E-state index in [0.29, 0.717) is 5.69 Å². The number of non-ortho nitro benzene ring substituents is 1. The summed E-state index contributed by atoms with van der Waals surface area (Å²) in [5.74, 6) is -1.04. The van der Waals surface area contributed by atoms with Crippen molar-refractivity contribution in [3.63, 3.8) is 0 Å². The predicted molar refractivity (Wildman–Crippen MR) is 69.8 cm³/mol. The number of carbonyl (C=O) groups excluding carboxylic acids is 1. The molecule has 2 aromatic rings. The zero-order valence-corrected chi connectivity index (χ0v) is 9.99. The molecule has 0 radical (unpaired) electrons. The number of anilines is 1. The van der Waals surface area contributed by atoms with Crippen LogP contribution in [0.15, 0.2) is 41.2 Å². The molecular formula is C12H9N3O5. The highest BCUT2D eigenvalue weighted by atomic mass is 16.6. The van der Waals surface area contributed by atoms with Crippen molar-refractivity contribution in [1.29, 1.82) is 0 Å². The summed E-state index contributed by atoms with van der Waals surface area (Å²) >= 11 is 0. The largest absolute Gasteiger partial charge is 0.494 e. The molecule has 8 heteroatoms. The van der Waals surface area contributed by atoms with Crippen LogP contribution in [0.3, 0.4) is 0 Å². The van der Waals surface area contributed by atoms with Gasteiger partial charge in [0.1, 0.15) is 0 Å². The molecule has 0 aliphatic rings. The van der Waals surface area contributed by atoms with E-state index in [1.807, 2.05) is 0 Å². The molecule has 1 aromatic heterocycles. The molecule has 0 unspecified atom stereocenters. The Kier molecular flexibility index (Phi) is 3.47. The van der Waals surface area contributed by atoms with Gasteiger partial charge in [0.05, 0.1) is 10.5 Å². The molecule has 0 atom stereocenters. The van der Waals surface area contributed by atoms with Crippen molar-refractivity contribution in [1.82, 2.24) is 4.98 Å². The van der Waals surface area contributed by atoms with Gasteiger partial charge in [-0.15, -0.1) is 0 Å². The summed E-state index contributed by atoms with van der Waals surface area (Å²) in [6.45, 7) is 0. The van der Waals surface area contributed by atoms with E-state index in [4.69, 9.17) is 0 Å². The van der Waals surface area contributed by atoms with Crippen molar-refractivity contribution < 1.29 is 14.8 Å². The van der Waals surface area contributed by atoms with E-state index in [-0.39, 0.29) is 11.3 Å². The number of nitro benzene ring substituents is 1. The average molecular weight is 275 g/mol. The molecule has 1 heterocycles. The Morgan fingerprint density at radius 1 is 1.25 bits per heavy atom. The lowest BCUT2D eigenvalue weighted by atomic mass is 10.2. The van der Waals surface area contributed by atoms with E-state index >= 15 is 0 Å². The van der Waals surface area contributed by atoms with Crippen LogP contribution in [0.2, 0.25) is 0 Å². The van der Waals surface area contributed by atoms with E-state index in [0.717, 1.165) is 12.1 Å². The van der Waals surface area contributed by atoms with Gasteiger partial charge in [-0.2, -0.15) is 0 Å². The smallest absolute Gasteiger partial charge is 0.269 e. The normalized spacial score (nSPS) is 10.0. The van der Waals surface area contributed by atoms with Crippen molar-refractivity contribution in [2.45, 2.75) is 0 Å². The lowest BCUT2D eigenvalue weighted by Gasteiger charge is -2.05. The Bertz CT molecular complexity index is 721. The van der Waals surface area contributed by atoms with Gasteiger partial charge in [0.15, 0.2) is 5.88 Å². The fraction of sp³-hybridized carbons (Fsp3) is 0. The highest BCUT2D eigenvalue weighted by Crippen LogP contribution is 2.16. The molecule has 8 nitrogen and oxygen atoms in total. The molecule has 0 spiro atoms. The van der Waals surface area contributed by atoms with Gasteiger partial charge < -0.3 is 10.4 Å². The Morgan fingerprint density at radius 2 is 1.90 bits per heavy atom. The number of pyridine rings is 1. The number of carbonyl (C=O) groups is 1. The third kappa shape index (κ3) is 2.99. The van der Waals surface area contributed by atoms with Crippen molar-refractivity contribution in [2.24, 2.45) is 0 Å². The summed E-state index contributed by atoms with van der Waals surface area (Å²) < 4.78 is 0. The summed E-state index contributed by atoms with van der Waals surface area (Å²) in [5.41, 5.74) is -0.402. The molecule has 102 valence electrons. The Hall–Kier alpha value is -3.16. The quantitative estimate of drug-likeness (QED) is 0.574. The van der Waals surface area contributed by atoms with Gasteiger partial charge in [-0.25, -0.2) is 0 Å². The van der Waals surface area contributed by atoms with Crippen LogP contribution in [0.5, 0.6) is 5.88 Å². The number of aromatic amines is 1. The first-order valence-corrected chi connectivity index (χ1v) is 5.45. The molecule has 0 aliphatic heterocycles. The monoisotopic (exact) mass is 275 g/mol. The first-order valence-electron chi connectivity index (χ1n) is 5.45. The first kappa shape index (κ1) is 13.3. The lowest BCUT2D eigenvalue weighted by Crippen LogP contribution is -2.15. The van der Waals surface area contributed by atoms with E-state index < -0.39 is 22.3 Å². The third-order valence-electron chi connectivity index (χ3n) is 2.43. The second-order valence-electron chi connectivity index (χ2n) is 3.88. The van der Waals surface area contributed by atoms with Crippen LogP contribution in [0, 0.1) is 10.1 Å². The Balaban J connectivity index is 2.19. The van der Waals surface area contributed by atoms with Crippen molar-refractivity contribution >= 4 is 17.3 Å². The molecule has 3 N–H and O–H groups in total. The van der Waals surface area contributed by atoms with Crippen LogP contribution >= 0.6 is 0 Å². The van der Waals surface area contributed by atoms with Gasteiger partial charge in [-0.05, 0) is 12.1 Å². The Labute approximate surface area is 111 Å². The summed E-state index contributed by atoms with van der Waals surface area (Å²) in [5, 5.41) is 22.1. The molecule has 1 aromatic carbocycles. The molecule has 0 saturated carbocycles. The number of aromatic hydroxyl groups is 1. The molecule has 0 fully saturated rings. The maximum Gasteiger partial charge on any atom is 0.269 e. The number of H-pyrrole nitrogens is 1. The topological polar surface area (TPSA) is 125 Å². The second-order valence-corrected chi connectivity index (χ2v) is 3.88. The van der Waals surface area contributed by atoms with Crippen molar-refractivity contribution in [2.75, 3.05) is 5.32 Å². The molecular weight excluding hydrogens is 266 g/mol. The number of nitro groups is 1. The number of hydrogen-bond donors (Lipinski definition) is 3. The minimum absolute atomic E-state index is 0.0235. The minimum Gasteiger partial charge on any atom is -0.494 e. The fourth-order valence-corrected chi connectivity index (χ4v) is 1.53. The third-order valence-corrected chi connectivity index (χ3v) is 2.43. The van der Waals surface area contributed by atoms with Crippen LogP contribution in [0.25, 0.3) is 0 Å². The zero-order valence-electron chi connectivity index (χ0n) is 9.99. The van der Waals surface area contributed by atoms with Crippen LogP contribution in [-0.2, 0) is 0 Å². The average Bonchev–Trinajstić information content (AvgIpc) is 2.38. The molecule has 20 heavy (non-hydrogen) atoms. The number of nitrogens with one attached hydrogen (secondary N) is 2. The molecule has 1 amide bonds. The lowest BCUT2D eigenvalue weighted by molar-refractivity contribution is -0.384. The SMILES string of the molecule is O=C(Nc1ccc([N+](=O)[O-])cc1)c1cc(O)[nH]c(=O)c1. The number of benzene rings is 1. The number of amides is 1. The van der Waals surface area contributed by atoms with Gasteiger partial charge >= 0.3 is 0 Å². The van der Waals surface area contributed by atoms with E-state index in [2.05, 4.69) is 10.3 Å². The minimum atomic E-state index is -0.612. The number of nitrogens with zero attached hydrogens (tertiary/aromatic N) is 1. The fourth-order valence-electron chi connectivity index (χ4n) is 1.53. The maximum absolute atomic E-state index is 11.8. The van der Waals surface area contributed by atoms with Gasteiger partial charge in [0.25, 0.3) is 17.2 Å². The van der Waals surface area contributed by atoms with Crippen molar-refractivity contribution in [3.05, 3.63) is 62.4 Å². The molecule has 0 aliphatic carbocycles. The standard InChI is InChI=1S/C12H9N3O5/c16-10-5-7(6-11(17)14-10)12(18)13-8-1-3-9(4-2-8)15(19)20/h1-6H,(H,13,18)(H2,14,16,17). The van der Waals surface area contributed by atoms with Crippen LogP contribution in [0.1, 0.15) is 10.4 Å². The van der Waals surface area contributed by atoms with Crippen molar-refractivity contribution in [3.8, 4) is 5.88 Å². The molecule has 2 rings (SSSR count). The van der Waals surface area contributed by atoms with Gasteiger partial charge in [-0.1, -0.05) is 0 Å². The van der Waals surface area contributed by atoms with Crippen LogP contribution < -0.4 is 10.9 Å². The predicted octanol–water partition coefficient (Wildman–Crippen LogP) is 1.24. The maximum atomic E-state index is 11.8. The first-order chi connectivity index (χ1) is 9.45. The van der Waals surface area contributed by atoms with E-state index in [1.165, 1.54) is 24.3 Å². The van der Waals surface area contributed by atoms with Crippen LogP contribution in [-0.4, -0.2) is 20.9 Å².